The lowest BCUT2D eigenvalue weighted by atomic mass is 9.97. The number of carbonyl (C=O) groups excluding carboxylic acids is 2. The van der Waals surface area contributed by atoms with Crippen LogP contribution < -0.4 is 10.6 Å². The summed E-state index contributed by atoms with van der Waals surface area (Å²) in [6.45, 7) is 10.3. The van der Waals surface area contributed by atoms with Gasteiger partial charge in [-0.05, 0) is 98.2 Å². The standard InChI is InChI=1S/C35H45F2N3O3/c1-5-13-40(14-6-2)35(43)29-16-24(4)15-28(21-29)34(42)39-32(20-27-18-30(36)22-31(37)19-27)33(41)11-12-38-23-26-10-8-9-25(7-3)17-26/h8-10,15-19,21-22,32-33,38,41H,5-7,11-14,20,23H2,1-4H3,(H,39,42)/t32-,33+/m0/s1. The van der Waals surface area contributed by atoms with Crippen LogP contribution in [0, 0.1) is 18.6 Å². The number of amides is 2. The molecule has 3 aromatic carbocycles. The highest BCUT2D eigenvalue weighted by Crippen LogP contribution is 2.17. The number of aryl methyl sites for hydroxylation is 2. The normalized spacial score (nSPS) is 12.5. The number of halogens is 2. The quantitative estimate of drug-likeness (QED) is 0.179. The number of nitrogens with zero attached hydrogens (tertiary/aromatic N) is 1. The molecule has 0 saturated heterocycles. The van der Waals surface area contributed by atoms with Crippen molar-refractivity contribution >= 4 is 11.8 Å². The SMILES string of the molecule is CCCN(CCC)C(=O)c1cc(C)cc(C(=O)N[C@@H](Cc2cc(F)cc(F)c2)[C@H](O)CCNCc2cccc(CC)c2)c1. The molecule has 0 aromatic heterocycles. The summed E-state index contributed by atoms with van der Waals surface area (Å²) < 4.78 is 27.9. The van der Waals surface area contributed by atoms with E-state index in [0.717, 1.165) is 36.5 Å². The lowest BCUT2D eigenvalue weighted by Gasteiger charge is -2.25. The van der Waals surface area contributed by atoms with Gasteiger partial charge in [-0.15, -0.1) is 0 Å². The summed E-state index contributed by atoms with van der Waals surface area (Å²) in [7, 11) is 0. The first-order chi connectivity index (χ1) is 20.6. The third-order valence-corrected chi connectivity index (χ3v) is 7.37. The molecule has 3 N–H and O–H groups in total. The van der Waals surface area contributed by atoms with Crippen LogP contribution in [0.2, 0.25) is 0 Å². The molecule has 43 heavy (non-hydrogen) atoms. The molecular weight excluding hydrogens is 548 g/mol. The number of hydrogen-bond donors (Lipinski definition) is 3. The van der Waals surface area contributed by atoms with E-state index in [4.69, 9.17) is 0 Å². The van der Waals surface area contributed by atoms with Crippen molar-refractivity contribution in [1.29, 1.82) is 0 Å². The summed E-state index contributed by atoms with van der Waals surface area (Å²) in [5, 5.41) is 17.4. The number of aliphatic hydroxyl groups is 1. The second-order valence-electron chi connectivity index (χ2n) is 11.1. The van der Waals surface area contributed by atoms with Gasteiger partial charge in [0.05, 0.1) is 12.1 Å². The summed E-state index contributed by atoms with van der Waals surface area (Å²) in [4.78, 5) is 28.5. The molecule has 2 amide bonds. The summed E-state index contributed by atoms with van der Waals surface area (Å²) in [5.41, 5.74) is 4.16. The van der Waals surface area contributed by atoms with E-state index in [2.05, 4.69) is 29.7 Å². The van der Waals surface area contributed by atoms with Gasteiger partial charge in [-0.25, -0.2) is 8.78 Å². The number of carbonyl (C=O) groups is 2. The van der Waals surface area contributed by atoms with Gasteiger partial charge < -0.3 is 20.6 Å². The molecule has 0 aliphatic rings. The Morgan fingerprint density at radius 2 is 1.51 bits per heavy atom. The minimum absolute atomic E-state index is 0.0263. The monoisotopic (exact) mass is 593 g/mol. The van der Waals surface area contributed by atoms with Crippen molar-refractivity contribution in [3.05, 3.63) is 106 Å². The molecule has 0 bridgehead atoms. The van der Waals surface area contributed by atoms with E-state index in [9.17, 15) is 23.5 Å². The molecule has 3 aromatic rings. The third kappa shape index (κ3) is 10.6. The maximum Gasteiger partial charge on any atom is 0.253 e. The first kappa shape index (κ1) is 33.9. The molecule has 0 aliphatic heterocycles. The van der Waals surface area contributed by atoms with Crippen molar-refractivity contribution in [3.8, 4) is 0 Å². The summed E-state index contributed by atoms with van der Waals surface area (Å²) in [5.74, 6) is -2.06. The van der Waals surface area contributed by atoms with Crippen LogP contribution in [0.3, 0.4) is 0 Å². The number of aliphatic hydroxyl groups excluding tert-OH is 1. The summed E-state index contributed by atoms with van der Waals surface area (Å²) in [6.07, 6.45) is 1.92. The fraction of sp³-hybridized carbons (Fsp3) is 0.429. The highest BCUT2D eigenvalue weighted by atomic mass is 19.1. The first-order valence-electron chi connectivity index (χ1n) is 15.3. The largest absolute Gasteiger partial charge is 0.391 e. The minimum atomic E-state index is -1.000. The third-order valence-electron chi connectivity index (χ3n) is 7.37. The fourth-order valence-corrected chi connectivity index (χ4v) is 5.24. The van der Waals surface area contributed by atoms with Crippen LogP contribution in [0.4, 0.5) is 8.78 Å². The van der Waals surface area contributed by atoms with Gasteiger partial charge in [-0.2, -0.15) is 0 Å². The second-order valence-corrected chi connectivity index (χ2v) is 11.1. The predicted octanol–water partition coefficient (Wildman–Crippen LogP) is 5.98. The smallest absolute Gasteiger partial charge is 0.253 e. The first-order valence-corrected chi connectivity index (χ1v) is 15.3. The summed E-state index contributed by atoms with van der Waals surface area (Å²) in [6, 6.07) is 15.7. The maximum atomic E-state index is 14.0. The van der Waals surface area contributed by atoms with E-state index in [1.165, 1.54) is 17.7 Å². The van der Waals surface area contributed by atoms with E-state index in [1.54, 1.807) is 23.1 Å². The molecule has 0 saturated carbocycles. The topological polar surface area (TPSA) is 81.7 Å². The molecule has 0 radical (unpaired) electrons. The molecule has 0 spiro atoms. The van der Waals surface area contributed by atoms with Gasteiger partial charge in [-0.1, -0.05) is 45.0 Å². The van der Waals surface area contributed by atoms with Gasteiger partial charge in [-0.3, -0.25) is 9.59 Å². The Morgan fingerprint density at radius 1 is 0.860 bits per heavy atom. The van der Waals surface area contributed by atoms with Crippen LogP contribution >= 0.6 is 0 Å². The van der Waals surface area contributed by atoms with E-state index in [1.807, 2.05) is 32.9 Å². The van der Waals surface area contributed by atoms with Crippen LogP contribution in [0.5, 0.6) is 0 Å². The Bertz CT molecular complexity index is 1340. The lowest BCUT2D eigenvalue weighted by molar-refractivity contribution is 0.0755. The number of hydrogen-bond acceptors (Lipinski definition) is 4. The predicted molar refractivity (Wildman–Crippen MR) is 167 cm³/mol. The fourth-order valence-electron chi connectivity index (χ4n) is 5.24. The zero-order valence-corrected chi connectivity index (χ0v) is 25.8. The van der Waals surface area contributed by atoms with E-state index in [-0.39, 0.29) is 17.9 Å². The van der Waals surface area contributed by atoms with Gasteiger partial charge in [0.1, 0.15) is 11.6 Å². The van der Waals surface area contributed by atoms with Gasteiger partial charge >= 0.3 is 0 Å². The zero-order valence-electron chi connectivity index (χ0n) is 25.8. The van der Waals surface area contributed by atoms with Crippen molar-refractivity contribution < 1.29 is 23.5 Å². The molecule has 0 fully saturated rings. The van der Waals surface area contributed by atoms with E-state index in [0.29, 0.717) is 43.7 Å². The van der Waals surface area contributed by atoms with Crippen LogP contribution in [0.25, 0.3) is 0 Å². The highest BCUT2D eigenvalue weighted by molar-refractivity contribution is 6.00. The van der Waals surface area contributed by atoms with Crippen LogP contribution in [-0.4, -0.2) is 53.6 Å². The van der Waals surface area contributed by atoms with Crippen LogP contribution in [0.15, 0.2) is 60.7 Å². The lowest BCUT2D eigenvalue weighted by Crippen LogP contribution is -2.46. The van der Waals surface area contributed by atoms with E-state index < -0.39 is 29.7 Å². The number of nitrogens with one attached hydrogen (secondary N) is 2. The Balaban J connectivity index is 1.76. The Kier molecular flexibility index (Phi) is 13.3. The minimum Gasteiger partial charge on any atom is -0.391 e. The molecule has 2 atom stereocenters. The van der Waals surface area contributed by atoms with Gasteiger partial charge in [0.2, 0.25) is 0 Å². The molecule has 0 aliphatic carbocycles. The molecule has 232 valence electrons. The van der Waals surface area contributed by atoms with Gasteiger partial charge in [0.25, 0.3) is 11.8 Å². The molecular formula is C35H45F2N3O3. The van der Waals surface area contributed by atoms with Crippen molar-refractivity contribution in [2.45, 2.75) is 78.5 Å². The Labute approximate surface area is 254 Å². The highest BCUT2D eigenvalue weighted by Gasteiger charge is 2.24. The average molecular weight is 594 g/mol. The van der Waals surface area contributed by atoms with Gasteiger partial charge in [0, 0.05) is 36.8 Å². The molecule has 8 heteroatoms. The van der Waals surface area contributed by atoms with Crippen molar-refractivity contribution in [2.24, 2.45) is 0 Å². The Hall–Kier alpha value is -3.62. The van der Waals surface area contributed by atoms with Crippen LogP contribution in [0.1, 0.15) is 83.0 Å². The van der Waals surface area contributed by atoms with Crippen LogP contribution in [-0.2, 0) is 19.4 Å². The number of benzene rings is 3. The Morgan fingerprint density at radius 3 is 2.16 bits per heavy atom. The van der Waals surface area contributed by atoms with Crippen molar-refractivity contribution in [3.63, 3.8) is 0 Å². The van der Waals surface area contributed by atoms with Crippen molar-refractivity contribution in [2.75, 3.05) is 19.6 Å². The zero-order chi connectivity index (χ0) is 31.4. The molecule has 6 nitrogen and oxygen atoms in total. The van der Waals surface area contributed by atoms with Crippen molar-refractivity contribution in [1.82, 2.24) is 15.5 Å². The molecule has 0 unspecified atom stereocenters. The second kappa shape index (κ2) is 16.9. The van der Waals surface area contributed by atoms with E-state index >= 15 is 0 Å². The van der Waals surface area contributed by atoms with Gasteiger partial charge in [0.15, 0.2) is 0 Å². The number of rotatable bonds is 16. The molecule has 3 rings (SSSR count). The summed E-state index contributed by atoms with van der Waals surface area (Å²) >= 11 is 0. The molecule has 0 heterocycles. The average Bonchev–Trinajstić information content (AvgIpc) is 2.97. The maximum absolute atomic E-state index is 14.0.